The van der Waals surface area contributed by atoms with E-state index in [9.17, 15) is 9.59 Å². The van der Waals surface area contributed by atoms with Gasteiger partial charge in [-0.3, -0.25) is 9.59 Å². The van der Waals surface area contributed by atoms with Crippen LogP contribution in [0.5, 0.6) is 0 Å². The Kier molecular flexibility index (Phi) is 4.09. The highest BCUT2D eigenvalue weighted by Crippen LogP contribution is 2.22. The van der Waals surface area contributed by atoms with Crippen LogP contribution >= 0.6 is 22.7 Å². The molecule has 18 heavy (non-hydrogen) atoms. The van der Waals surface area contributed by atoms with E-state index in [1.807, 2.05) is 26.0 Å². The van der Waals surface area contributed by atoms with Crippen LogP contribution in [-0.2, 0) is 12.8 Å². The van der Waals surface area contributed by atoms with Crippen molar-refractivity contribution in [3.05, 3.63) is 43.8 Å². The second-order valence-electron chi connectivity index (χ2n) is 3.90. The maximum absolute atomic E-state index is 12.0. The van der Waals surface area contributed by atoms with Crippen molar-refractivity contribution in [3.63, 3.8) is 0 Å². The van der Waals surface area contributed by atoms with Crippen molar-refractivity contribution in [1.29, 1.82) is 0 Å². The maximum Gasteiger partial charge on any atom is 0.244 e. The smallest absolute Gasteiger partial charge is 0.244 e. The van der Waals surface area contributed by atoms with E-state index in [4.69, 9.17) is 0 Å². The third-order valence-electron chi connectivity index (χ3n) is 2.67. The van der Waals surface area contributed by atoms with Crippen LogP contribution in [0.3, 0.4) is 0 Å². The standard InChI is InChI=1S/C14H14O2S2/c1-3-9-5-7-11(17-9)13(15)14(16)12-8-6-10(4-2)18-12/h5-8H,3-4H2,1-2H3. The minimum Gasteiger partial charge on any atom is -0.284 e. The van der Waals surface area contributed by atoms with Crippen LogP contribution in [0, 0.1) is 0 Å². The first-order valence-corrected chi connectivity index (χ1v) is 7.55. The van der Waals surface area contributed by atoms with Crippen molar-refractivity contribution in [1.82, 2.24) is 0 Å². The van der Waals surface area contributed by atoms with Crippen LogP contribution < -0.4 is 0 Å². The highest BCUT2D eigenvalue weighted by atomic mass is 32.1. The lowest BCUT2D eigenvalue weighted by Gasteiger charge is -1.94. The van der Waals surface area contributed by atoms with Crippen LogP contribution in [-0.4, -0.2) is 11.6 Å². The summed E-state index contributed by atoms with van der Waals surface area (Å²) in [6, 6.07) is 7.32. The van der Waals surface area contributed by atoms with E-state index in [1.165, 1.54) is 22.7 Å². The molecule has 0 aromatic carbocycles. The van der Waals surface area contributed by atoms with Crippen molar-refractivity contribution in [3.8, 4) is 0 Å². The molecule has 2 aromatic heterocycles. The first-order valence-electron chi connectivity index (χ1n) is 5.92. The Bertz CT molecular complexity index is 526. The molecule has 4 heteroatoms. The number of aryl methyl sites for hydroxylation is 2. The van der Waals surface area contributed by atoms with E-state index >= 15 is 0 Å². The van der Waals surface area contributed by atoms with Gasteiger partial charge in [-0.15, -0.1) is 22.7 Å². The molecule has 0 aliphatic carbocycles. The Hall–Kier alpha value is -1.26. The molecule has 0 saturated heterocycles. The van der Waals surface area contributed by atoms with Crippen LogP contribution in [0.1, 0.15) is 42.9 Å². The normalized spacial score (nSPS) is 10.6. The van der Waals surface area contributed by atoms with Gasteiger partial charge in [-0.25, -0.2) is 0 Å². The van der Waals surface area contributed by atoms with E-state index in [0.29, 0.717) is 9.75 Å². The summed E-state index contributed by atoms with van der Waals surface area (Å²) in [5.74, 6) is -0.770. The number of hydrogen-bond acceptors (Lipinski definition) is 4. The first kappa shape index (κ1) is 13.2. The van der Waals surface area contributed by atoms with Crippen LogP contribution in [0.15, 0.2) is 24.3 Å². The molecule has 0 unspecified atom stereocenters. The number of Topliss-reactive ketones (excluding diaryl/α,β-unsaturated/α-hetero) is 2. The molecule has 2 heterocycles. The first-order chi connectivity index (χ1) is 8.65. The minimum atomic E-state index is -0.385. The molecule has 0 saturated carbocycles. The summed E-state index contributed by atoms with van der Waals surface area (Å²) in [7, 11) is 0. The fourth-order valence-corrected chi connectivity index (χ4v) is 3.37. The molecule has 2 rings (SSSR count). The van der Waals surface area contributed by atoms with Gasteiger partial charge in [0.1, 0.15) is 0 Å². The summed E-state index contributed by atoms with van der Waals surface area (Å²) < 4.78 is 0. The van der Waals surface area contributed by atoms with Gasteiger partial charge in [0, 0.05) is 9.75 Å². The molecular weight excluding hydrogens is 264 g/mol. The average molecular weight is 278 g/mol. The molecule has 0 aliphatic rings. The topological polar surface area (TPSA) is 34.1 Å². The summed E-state index contributed by atoms with van der Waals surface area (Å²) in [4.78, 5) is 27.4. The van der Waals surface area contributed by atoms with E-state index < -0.39 is 0 Å². The van der Waals surface area contributed by atoms with Crippen molar-refractivity contribution in [2.24, 2.45) is 0 Å². The summed E-state index contributed by atoms with van der Waals surface area (Å²) >= 11 is 2.82. The number of rotatable bonds is 5. The zero-order valence-corrected chi connectivity index (χ0v) is 12.0. The fourth-order valence-electron chi connectivity index (χ4n) is 1.60. The number of carbonyl (C=O) groups excluding carboxylic acids is 2. The summed E-state index contributed by atoms with van der Waals surface area (Å²) in [6.45, 7) is 4.07. The molecule has 0 bridgehead atoms. The van der Waals surface area contributed by atoms with Crippen molar-refractivity contribution >= 4 is 34.2 Å². The molecule has 2 aromatic rings. The highest BCUT2D eigenvalue weighted by molar-refractivity contribution is 7.17. The number of ketones is 2. The lowest BCUT2D eigenvalue weighted by Crippen LogP contribution is -2.11. The molecule has 0 fully saturated rings. The quantitative estimate of drug-likeness (QED) is 0.612. The maximum atomic E-state index is 12.0. The predicted molar refractivity (Wildman–Crippen MR) is 76.1 cm³/mol. The number of carbonyl (C=O) groups is 2. The van der Waals surface area contributed by atoms with Crippen molar-refractivity contribution < 1.29 is 9.59 Å². The average Bonchev–Trinajstić information content (AvgIpc) is 3.05. The van der Waals surface area contributed by atoms with Gasteiger partial charge in [0.15, 0.2) is 0 Å². The molecule has 0 atom stereocenters. The van der Waals surface area contributed by atoms with E-state index in [1.54, 1.807) is 12.1 Å². The summed E-state index contributed by atoms with van der Waals surface area (Å²) in [5.41, 5.74) is 0. The molecule has 0 spiro atoms. The van der Waals surface area contributed by atoms with Gasteiger partial charge < -0.3 is 0 Å². The van der Waals surface area contributed by atoms with Crippen molar-refractivity contribution in [2.75, 3.05) is 0 Å². The number of hydrogen-bond donors (Lipinski definition) is 0. The third-order valence-corrected chi connectivity index (χ3v) is 5.13. The molecule has 2 nitrogen and oxygen atoms in total. The monoisotopic (exact) mass is 278 g/mol. The second-order valence-corrected chi connectivity index (χ2v) is 6.23. The molecule has 94 valence electrons. The second kappa shape index (κ2) is 5.59. The third kappa shape index (κ3) is 2.60. The van der Waals surface area contributed by atoms with Crippen LogP contribution in [0.2, 0.25) is 0 Å². The molecule has 0 aliphatic heterocycles. The molecule has 0 radical (unpaired) electrons. The molecular formula is C14H14O2S2. The van der Waals surface area contributed by atoms with Crippen LogP contribution in [0.25, 0.3) is 0 Å². The van der Waals surface area contributed by atoms with Gasteiger partial charge in [0.05, 0.1) is 9.75 Å². The summed E-state index contributed by atoms with van der Waals surface area (Å²) in [5, 5.41) is 0. The van der Waals surface area contributed by atoms with E-state index in [2.05, 4.69) is 0 Å². The van der Waals surface area contributed by atoms with Crippen LogP contribution in [0.4, 0.5) is 0 Å². The predicted octanol–water partition coefficient (Wildman–Crippen LogP) is 4.00. The highest BCUT2D eigenvalue weighted by Gasteiger charge is 2.21. The Morgan fingerprint density at radius 2 is 1.22 bits per heavy atom. The Balaban J connectivity index is 2.20. The van der Waals surface area contributed by atoms with Gasteiger partial charge in [-0.2, -0.15) is 0 Å². The number of thiophene rings is 2. The van der Waals surface area contributed by atoms with E-state index in [-0.39, 0.29) is 11.6 Å². The van der Waals surface area contributed by atoms with Gasteiger partial charge in [0.25, 0.3) is 0 Å². The molecule has 0 N–H and O–H groups in total. The largest absolute Gasteiger partial charge is 0.284 e. The van der Waals surface area contributed by atoms with E-state index in [0.717, 1.165) is 22.6 Å². The Morgan fingerprint density at radius 1 is 0.833 bits per heavy atom. The van der Waals surface area contributed by atoms with Gasteiger partial charge in [-0.05, 0) is 37.1 Å². The van der Waals surface area contributed by atoms with Gasteiger partial charge in [-0.1, -0.05) is 13.8 Å². The van der Waals surface area contributed by atoms with Gasteiger partial charge >= 0.3 is 0 Å². The van der Waals surface area contributed by atoms with Gasteiger partial charge in [0.2, 0.25) is 11.6 Å². The Morgan fingerprint density at radius 3 is 1.50 bits per heavy atom. The zero-order chi connectivity index (χ0) is 13.1. The fraction of sp³-hybridized carbons (Fsp3) is 0.286. The lowest BCUT2D eigenvalue weighted by molar-refractivity contribution is 0.0821. The van der Waals surface area contributed by atoms with Crippen molar-refractivity contribution in [2.45, 2.75) is 26.7 Å². The lowest BCUT2D eigenvalue weighted by atomic mass is 10.2. The Labute approximate surface area is 114 Å². The zero-order valence-electron chi connectivity index (χ0n) is 10.4. The minimum absolute atomic E-state index is 0.385. The molecule has 0 amide bonds. The summed E-state index contributed by atoms with van der Waals surface area (Å²) in [6.07, 6.45) is 1.79. The SMILES string of the molecule is CCc1ccc(C(=O)C(=O)c2ccc(CC)s2)s1.